The van der Waals surface area contributed by atoms with Crippen LogP contribution in [0, 0.1) is 11.7 Å². The van der Waals surface area contributed by atoms with Crippen LogP contribution in [-0.4, -0.2) is 42.0 Å². The summed E-state index contributed by atoms with van der Waals surface area (Å²) in [6.07, 6.45) is 2.06. The van der Waals surface area contributed by atoms with Gasteiger partial charge in [0.2, 0.25) is 5.91 Å². The van der Waals surface area contributed by atoms with Crippen molar-refractivity contribution in [2.75, 3.05) is 18.4 Å². The number of amides is 3. The maximum absolute atomic E-state index is 12.9. The Morgan fingerprint density at radius 3 is 2.40 bits per heavy atom. The van der Waals surface area contributed by atoms with Crippen molar-refractivity contribution in [1.29, 1.82) is 0 Å². The summed E-state index contributed by atoms with van der Waals surface area (Å²) >= 11 is 0. The highest BCUT2D eigenvalue weighted by Gasteiger charge is 2.27. The number of nitrogens with zero attached hydrogens (tertiary/aromatic N) is 1. The molecule has 4 N–H and O–H groups in total. The summed E-state index contributed by atoms with van der Waals surface area (Å²) in [6, 6.07) is 4.82. The van der Waals surface area contributed by atoms with Gasteiger partial charge in [-0.2, -0.15) is 0 Å². The number of urea groups is 1. The van der Waals surface area contributed by atoms with Crippen molar-refractivity contribution in [2.24, 2.45) is 11.7 Å². The zero-order valence-electron chi connectivity index (χ0n) is 14.8. The monoisotopic (exact) mass is 350 g/mol. The van der Waals surface area contributed by atoms with E-state index in [4.69, 9.17) is 5.73 Å². The quantitative estimate of drug-likeness (QED) is 0.761. The van der Waals surface area contributed by atoms with E-state index in [2.05, 4.69) is 10.6 Å². The van der Waals surface area contributed by atoms with Crippen molar-refractivity contribution in [3.63, 3.8) is 0 Å². The van der Waals surface area contributed by atoms with Crippen LogP contribution < -0.4 is 16.4 Å². The third-order valence-electron chi connectivity index (χ3n) is 4.29. The van der Waals surface area contributed by atoms with E-state index in [1.54, 1.807) is 4.90 Å². The number of hydrogen-bond acceptors (Lipinski definition) is 3. The predicted molar refractivity (Wildman–Crippen MR) is 95.6 cm³/mol. The second kappa shape index (κ2) is 8.80. The van der Waals surface area contributed by atoms with E-state index < -0.39 is 6.04 Å². The SMILES string of the molecule is CC(C)C[C@H](N)C(=O)N1CCC(NC(=O)Nc2ccc(F)cc2)CC1. The van der Waals surface area contributed by atoms with Crippen molar-refractivity contribution < 1.29 is 14.0 Å². The van der Waals surface area contributed by atoms with Gasteiger partial charge in [-0.1, -0.05) is 13.8 Å². The van der Waals surface area contributed by atoms with Gasteiger partial charge in [0, 0.05) is 24.8 Å². The lowest BCUT2D eigenvalue weighted by atomic mass is 10.0. The standard InChI is InChI=1S/C18H27FN4O2/c1-12(2)11-16(20)17(24)23-9-7-15(8-10-23)22-18(25)21-14-5-3-13(19)4-6-14/h3-6,12,15-16H,7-11,20H2,1-2H3,(H2,21,22,25)/t16-/m0/s1. The highest BCUT2D eigenvalue weighted by Crippen LogP contribution is 2.14. The third-order valence-corrected chi connectivity index (χ3v) is 4.29. The Bertz CT molecular complexity index is 583. The molecule has 7 heteroatoms. The van der Waals surface area contributed by atoms with Crippen LogP contribution >= 0.6 is 0 Å². The smallest absolute Gasteiger partial charge is 0.319 e. The molecule has 0 bridgehead atoms. The van der Waals surface area contributed by atoms with Crippen molar-refractivity contribution in [1.82, 2.24) is 10.2 Å². The summed E-state index contributed by atoms with van der Waals surface area (Å²) in [5.74, 6) is 0.0231. The highest BCUT2D eigenvalue weighted by atomic mass is 19.1. The maximum Gasteiger partial charge on any atom is 0.319 e. The number of likely N-dealkylation sites (tertiary alicyclic amines) is 1. The Balaban J connectivity index is 1.75. The fourth-order valence-corrected chi connectivity index (χ4v) is 2.97. The summed E-state index contributed by atoms with van der Waals surface area (Å²) in [5.41, 5.74) is 6.50. The van der Waals surface area contributed by atoms with Crippen LogP contribution in [0.3, 0.4) is 0 Å². The molecule has 6 nitrogen and oxygen atoms in total. The highest BCUT2D eigenvalue weighted by molar-refractivity contribution is 5.89. The number of piperidine rings is 1. The fourth-order valence-electron chi connectivity index (χ4n) is 2.97. The number of carbonyl (C=O) groups excluding carboxylic acids is 2. The fraction of sp³-hybridized carbons (Fsp3) is 0.556. The largest absolute Gasteiger partial charge is 0.341 e. The Kier molecular flexibility index (Phi) is 6.75. The van der Waals surface area contributed by atoms with E-state index in [1.165, 1.54) is 24.3 Å². The predicted octanol–water partition coefficient (Wildman–Crippen LogP) is 2.31. The minimum atomic E-state index is -0.453. The minimum absolute atomic E-state index is 0.00539. The second-order valence-electron chi connectivity index (χ2n) is 6.94. The average Bonchev–Trinajstić information content (AvgIpc) is 2.56. The molecule has 1 atom stereocenters. The van der Waals surface area contributed by atoms with E-state index in [0.29, 0.717) is 44.0 Å². The molecule has 0 spiro atoms. The van der Waals surface area contributed by atoms with Crippen molar-refractivity contribution in [3.05, 3.63) is 30.1 Å². The van der Waals surface area contributed by atoms with Crippen LogP contribution in [0.1, 0.15) is 33.1 Å². The molecule has 1 aliphatic heterocycles. The third kappa shape index (κ3) is 6.01. The Morgan fingerprint density at radius 2 is 1.84 bits per heavy atom. The zero-order valence-corrected chi connectivity index (χ0v) is 14.8. The van der Waals surface area contributed by atoms with Gasteiger partial charge in [-0.25, -0.2) is 9.18 Å². The molecule has 1 fully saturated rings. The van der Waals surface area contributed by atoms with E-state index in [-0.39, 0.29) is 23.8 Å². The summed E-state index contributed by atoms with van der Waals surface area (Å²) < 4.78 is 12.9. The lowest BCUT2D eigenvalue weighted by Crippen LogP contribution is -2.51. The molecule has 1 heterocycles. The first-order valence-corrected chi connectivity index (χ1v) is 8.72. The van der Waals surface area contributed by atoms with Gasteiger partial charge in [0.15, 0.2) is 0 Å². The lowest BCUT2D eigenvalue weighted by Gasteiger charge is -2.34. The molecule has 1 aromatic rings. The molecule has 3 amide bonds. The van der Waals surface area contributed by atoms with Crippen LogP contribution in [0.25, 0.3) is 0 Å². The number of benzene rings is 1. The summed E-state index contributed by atoms with van der Waals surface area (Å²) in [6.45, 7) is 5.27. The van der Waals surface area contributed by atoms with Crippen molar-refractivity contribution in [3.8, 4) is 0 Å². The van der Waals surface area contributed by atoms with Crippen LogP contribution in [0.5, 0.6) is 0 Å². The molecular weight excluding hydrogens is 323 g/mol. The summed E-state index contributed by atoms with van der Waals surface area (Å²) in [7, 11) is 0. The first kappa shape index (κ1) is 19.2. The van der Waals surface area contributed by atoms with Gasteiger partial charge in [-0.3, -0.25) is 4.79 Å². The van der Waals surface area contributed by atoms with Gasteiger partial charge in [0.05, 0.1) is 6.04 Å². The van der Waals surface area contributed by atoms with E-state index in [1.807, 2.05) is 13.8 Å². The molecule has 0 aromatic heterocycles. The van der Waals surface area contributed by atoms with Gasteiger partial charge >= 0.3 is 6.03 Å². The van der Waals surface area contributed by atoms with Gasteiger partial charge in [0.1, 0.15) is 5.82 Å². The Hall–Kier alpha value is -2.15. The zero-order chi connectivity index (χ0) is 18.4. The van der Waals surface area contributed by atoms with E-state index in [9.17, 15) is 14.0 Å². The van der Waals surface area contributed by atoms with Crippen LogP contribution in [0.15, 0.2) is 24.3 Å². The van der Waals surface area contributed by atoms with E-state index in [0.717, 1.165) is 0 Å². The van der Waals surface area contributed by atoms with Crippen molar-refractivity contribution >= 4 is 17.6 Å². The van der Waals surface area contributed by atoms with Crippen molar-refractivity contribution in [2.45, 2.75) is 45.2 Å². The molecule has 0 saturated carbocycles. The summed E-state index contributed by atoms with van der Waals surface area (Å²) in [5, 5.41) is 5.56. The molecule has 0 aliphatic carbocycles. The molecule has 0 radical (unpaired) electrons. The second-order valence-corrected chi connectivity index (χ2v) is 6.94. The van der Waals surface area contributed by atoms with E-state index >= 15 is 0 Å². The molecule has 1 saturated heterocycles. The van der Waals surface area contributed by atoms with Gasteiger partial charge in [-0.05, 0) is 49.4 Å². The van der Waals surface area contributed by atoms with Gasteiger partial charge in [0.25, 0.3) is 0 Å². The number of rotatable bonds is 5. The number of nitrogens with two attached hydrogens (primary N) is 1. The molecule has 25 heavy (non-hydrogen) atoms. The first-order chi connectivity index (χ1) is 11.8. The molecular formula is C18H27FN4O2. The number of nitrogens with one attached hydrogen (secondary N) is 2. The van der Waals surface area contributed by atoms with Crippen LogP contribution in [-0.2, 0) is 4.79 Å². The molecule has 138 valence electrons. The number of anilines is 1. The topological polar surface area (TPSA) is 87.5 Å². The normalized spacial score (nSPS) is 16.6. The Morgan fingerprint density at radius 1 is 1.24 bits per heavy atom. The average molecular weight is 350 g/mol. The molecule has 1 aliphatic rings. The van der Waals surface area contributed by atoms with Crippen LogP contribution in [0.4, 0.5) is 14.9 Å². The molecule has 1 aromatic carbocycles. The number of carbonyl (C=O) groups is 2. The first-order valence-electron chi connectivity index (χ1n) is 8.72. The maximum atomic E-state index is 12.9. The van der Waals surface area contributed by atoms with Gasteiger partial charge < -0.3 is 21.3 Å². The number of halogens is 1. The molecule has 2 rings (SSSR count). The summed E-state index contributed by atoms with van der Waals surface area (Å²) in [4.78, 5) is 26.1. The molecule has 0 unspecified atom stereocenters. The number of hydrogen-bond donors (Lipinski definition) is 3. The Labute approximate surface area is 147 Å². The van der Waals surface area contributed by atoms with Crippen LogP contribution in [0.2, 0.25) is 0 Å². The minimum Gasteiger partial charge on any atom is -0.341 e. The lowest BCUT2D eigenvalue weighted by molar-refractivity contribution is -0.134. The van der Waals surface area contributed by atoms with Gasteiger partial charge in [-0.15, -0.1) is 0 Å².